The molecule has 0 aromatic heterocycles. The third-order valence-corrected chi connectivity index (χ3v) is 3.93. The van der Waals surface area contributed by atoms with E-state index in [1.807, 2.05) is 0 Å². The van der Waals surface area contributed by atoms with Crippen LogP contribution in [0.1, 0.15) is 6.42 Å². The average Bonchev–Trinajstić information content (AvgIpc) is 2.92. The lowest BCUT2D eigenvalue weighted by Crippen LogP contribution is -2.41. The van der Waals surface area contributed by atoms with Crippen LogP contribution < -0.4 is 4.74 Å². The molecule has 1 heterocycles. The summed E-state index contributed by atoms with van der Waals surface area (Å²) >= 11 is 5.68. The molecule has 1 aromatic rings. The summed E-state index contributed by atoms with van der Waals surface area (Å²) in [6.45, 7) is 0.823. The summed E-state index contributed by atoms with van der Waals surface area (Å²) in [5.41, 5.74) is 0. The Labute approximate surface area is 133 Å². The Hall–Kier alpha value is -1.37. The van der Waals surface area contributed by atoms with E-state index >= 15 is 0 Å². The smallest absolute Gasteiger partial charge is 0.260 e. The summed E-state index contributed by atoms with van der Waals surface area (Å²) in [7, 11) is 3.22. The number of methoxy groups -OCH3 is 2. The van der Waals surface area contributed by atoms with Gasteiger partial charge in [-0.3, -0.25) is 4.79 Å². The number of halogens is 2. The van der Waals surface area contributed by atoms with Crippen molar-refractivity contribution in [1.29, 1.82) is 0 Å². The van der Waals surface area contributed by atoms with Crippen molar-refractivity contribution in [2.24, 2.45) is 0 Å². The molecule has 0 spiro atoms. The lowest BCUT2D eigenvalue weighted by atomic mass is 10.2. The molecule has 0 unspecified atom stereocenters. The predicted octanol–water partition coefficient (Wildman–Crippen LogP) is 2.12. The quantitative estimate of drug-likeness (QED) is 0.801. The first kappa shape index (κ1) is 17.0. The van der Waals surface area contributed by atoms with Crippen LogP contribution in [0.25, 0.3) is 0 Å². The van der Waals surface area contributed by atoms with Crippen LogP contribution in [0.2, 0.25) is 5.02 Å². The normalized spacial score (nSPS) is 21.2. The maximum absolute atomic E-state index is 13.1. The molecule has 22 heavy (non-hydrogen) atoms. The number of carbonyl (C=O) groups excluding carboxylic acids is 1. The molecule has 1 saturated heterocycles. The van der Waals surface area contributed by atoms with E-state index in [-0.39, 0.29) is 29.7 Å². The number of hydrogen-bond acceptors (Lipinski definition) is 4. The van der Waals surface area contributed by atoms with Crippen LogP contribution in [-0.2, 0) is 14.3 Å². The molecule has 0 bridgehead atoms. The van der Waals surface area contributed by atoms with Gasteiger partial charge in [0.2, 0.25) is 0 Å². The van der Waals surface area contributed by atoms with Crippen molar-refractivity contribution in [3.8, 4) is 5.75 Å². The Morgan fingerprint density at radius 1 is 1.45 bits per heavy atom. The molecule has 1 aliphatic heterocycles. The molecule has 2 rings (SSSR count). The van der Waals surface area contributed by atoms with E-state index < -0.39 is 5.82 Å². The molecule has 0 saturated carbocycles. The third-order valence-electron chi connectivity index (χ3n) is 3.64. The molecule has 1 amide bonds. The second-order valence-corrected chi connectivity index (χ2v) is 5.52. The van der Waals surface area contributed by atoms with Crippen molar-refractivity contribution in [2.45, 2.75) is 18.6 Å². The maximum Gasteiger partial charge on any atom is 0.260 e. The second-order valence-electron chi connectivity index (χ2n) is 5.11. The predicted molar refractivity (Wildman–Crippen MR) is 79.7 cm³/mol. The van der Waals surface area contributed by atoms with E-state index in [4.69, 9.17) is 25.8 Å². The molecule has 0 N–H and O–H groups in total. The minimum absolute atomic E-state index is 0.00404. The van der Waals surface area contributed by atoms with Gasteiger partial charge in [0, 0.05) is 26.8 Å². The van der Waals surface area contributed by atoms with Gasteiger partial charge in [0.05, 0.1) is 23.8 Å². The molecule has 0 aliphatic carbocycles. The van der Waals surface area contributed by atoms with Crippen molar-refractivity contribution >= 4 is 17.5 Å². The highest BCUT2D eigenvalue weighted by molar-refractivity contribution is 6.30. The first-order valence-corrected chi connectivity index (χ1v) is 7.32. The highest BCUT2D eigenvalue weighted by Gasteiger charge is 2.35. The van der Waals surface area contributed by atoms with Crippen LogP contribution in [0.5, 0.6) is 5.75 Å². The van der Waals surface area contributed by atoms with Crippen molar-refractivity contribution < 1.29 is 23.4 Å². The zero-order valence-corrected chi connectivity index (χ0v) is 13.3. The Morgan fingerprint density at radius 2 is 2.23 bits per heavy atom. The molecular weight excluding hydrogens is 313 g/mol. The fraction of sp³-hybridized carbons (Fsp3) is 0.533. The molecule has 2 atom stereocenters. The molecular formula is C15H19ClFNO4. The van der Waals surface area contributed by atoms with Gasteiger partial charge in [0.15, 0.2) is 6.61 Å². The number of amides is 1. The molecule has 1 aliphatic rings. The highest BCUT2D eigenvalue weighted by atomic mass is 35.5. The number of nitrogens with zero attached hydrogens (tertiary/aromatic N) is 1. The van der Waals surface area contributed by atoms with Crippen LogP contribution in [0.3, 0.4) is 0 Å². The monoisotopic (exact) mass is 331 g/mol. The zero-order chi connectivity index (χ0) is 16.1. The van der Waals surface area contributed by atoms with Crippen molar-refractivity contribution in [1.82, 2.24) is 4.90 Å². The topological polar surface area (TPSA) is 48.0 Å². The van der Waals surface area contributed by atoms with Crippen LogP contribution in [-0.4, -0.2) is 56.9 Å². The molecule has 0 radical (unpaired) electrons. The maximum atomic E-state index is 13.1. The van der Waals surface area contributed by atoms with E-state index in [1.165, 1.54) is 18.2 Å². The number of carbonyl (C=O) groups is 1. The minimum atomic E-state index is -0.525. The molecule has 1 aromatic carbocycles. The summed E-state index contributed by atoms with van der Waals surface area (Å²) < 4.78 is 28.9. The van der Waals surface area contributed by atoms with Gasteiger partial charge in [-0.25, -0.2) is 4.39 Å². The first-order chi connectivity index (χ1) is 10.5. The van der Waals surface area contributed by atoms with Crippen LogP contribution in [0, 0.1) is 5.82 Å². The highest BCUT2D eigenvalue weighted by Crippen LogP contribution is 2.23. The van der Waals surface area contributed by atoms with Gasteiger partial charge in [0.25, 0.3) is 5.91 Å². The second kappa shape index (κ2) is 7.76. The lowest BCUT2D eigenvalue weighted by molar-refractivity contribution is -0.135. The molecule has 5 nitrogen and oxygen atoms in total. The minimum Gasteiger partial charge on any atom is -0.484 e. The Bertz CT molecular complexity index is 528. The summed E-state index contributed by atoms with van der Waals surface area (Å²) in [5.74, 6) is -0.337. The average molecular weight is 332 g/mol. The molecule has 122 valence electrons. The van der Waals surface area contributed by atoms with Crippen LogP contribution in [0.15, 0.2) is 18.2 Å². The van der Waals surface area contributed by atoms with E-state index in [9.17, 15) is 9.18 Å². The molecule has 1 fully saturated rings. The van der Waals surface area contributed by atoms with Crippen molar-refractivity contribution in [3.05, 3.63) is 29.0 Å². The van der Waals surface area contributed by atoms with E-state index in [2.05, 4.69) is 0 Å². The van der Waals surface area contributed by atoms with E-state index in [0.717, 1.165) is 6.42 Å². The third kappa shape index (κ3) is 4.09. The summed E-state index contributed by atoms with van der Waals surface area (Å²) in [6, 6.07) is 3.96. The summed E-state index contributed by atoms with van der Waals surface area (Å²) in [4.78, 5) is 14.0. The van der Waals surface area contributed by atoms with E-state index in [0.29, 0.717) is 18.9 Å². The zero-order valence-electron chi connectivity index (χ0n) is 12.6. The van der Waals surface area contributed by atoms with Gasteiger partial charge in [-0.15, -0.1) is 0 Å². The Balaban J connectivity index is 1.94. The number of benzene rings is 1. The fourth-order valence-electron chi connectivity index (χ4n) is 2.49. The first-order valence-electron chi connectivity index (χ1n) is 6.94. The van der Waals surface area contributed by atoms with Gasteiger partial charge in [-0.2, -0.15) is 0 Å². The Kier molecular flexibility index (Phi) is 5.99. The van der Waals surface area contributed by atoms with Gasteiger partial charge < -0.3 is 19.1 Å². The van der Waals surface area contributed by atoms with Crippen LogP contribution in [0.4, 0.5) is 4.39 Å². The van der Waals surface area contributed by atoms with Crippen LogP contribution >= 0.6 is 11.6 Å². The number of likely N-dealkylation sites (tertiary alicyclic amines) is 1. The lowest BCUT2D eigenvalue weighted by Gasteiger charge is -2.23. The van der Waals surface area contributed by atoms with Crippen molar-refractivity contribution in [2.75, 3.05) is 34.0 Å². The largest absolute Gasteiger partial charge is 0.484 e. The fourth-order valence-corrected chi connectivity index (χ4v) is 2.67. The number of ether oxygens (including phenoxy) is 3. The van der Waals surface area contributed by atoms with Gasteiger partial charge in [0.1, 0.15) is 11.6 Å². The number of hydrogen-bond donors (Lipinski definition) is 0. The van der Waals surface area contributed by atoms with Gasteiger partial charge >= 0.3 is 0 Å². The number of rotatable bonds is 6. The molecule has 7 heteroatoms. The van der Waals surface area contributed by atoms with E-state index in [1.54, 1.807) is 19.1 Å². The SMILES string of the molecule is COC[C@@H]1C[C@@H](OC)CN1C(=O)COc1ccc(F)c(Cl)c1. The van der Waals surface area contributed by atoms with Crippen molar-refractivity contribution in [3.63, 3.8) is 0 Å². The summed E-state index contributed by atoms with van der Waals surface area (Å²) in [5, 5.41) is -0.0390. The van der Waals surface area contributed by atoms with Gasteiger partial charge in [-0.1, -0.05) is 11.6 Å². The Morgan fingerprint density at radius 3 is 2.86 bits per heavy atom. The van der Waals surface area contributed by atoms with Gasteiger partial charge in [-0.05, 0) is 18.6 Å². The summed E-state index contributed by atoms with van der Waals surface area (Å²) in [6.07, 6.45) is 0.739. The standard InChI is InChI=1S/C15H19ClFNO4/c1-20-8-10-5-12(21-2)7-18(10)15(19)9-22-11-3-4-14(17)13(16)6-11/h3-4,6,10,12H,5,7-9H2,1-2H3/t10-,12+/m0/s1.